The van der Waals surface area contributed by atoms with E-state index in [1.165, 1.54) is 0 Å². The van der Waals surface area contributed by atoms with Crippen molar-refractivity contribution < 1.29 is 9.90 Å². The average molecular weight is 248 g/mol. The van der Waals surface area contributed by atoms with Gasteiger partial charge in [0.05, 0.1) is 0 Å². The normalized spacial score (nSPS) is 19.2. The van der Waals surface area contributed by atoms with Gasteiger partial charge in [0.2, 0.25) is 0 Å². The lowest BCUT2D eigenvalue weighted by Crippen LogP contribution is -2.30. The van der Waals surface area contributed by atoms with E-state index in [2.05, 4.69) is 5.32 Å². The minimum absolute atomic E-state index is 0.0296. The monoisotopic (exact) mass is 248 g/mol. The first-order valence-electron chi connectivity index (χ1n) is 6.36. The summed E-state index contributed by atoms with van der Waals surface area (Å²) < 4.78 is 0. The molecule has 0 bridgehead atoms. The van der Waals surface area contributed by atoms with Gasteiger partial charge in [0, 0.05) is 24.2 Å². The van der Waals surface area contributed by atoms with Crippen LogP contribution in [0.4, 0.5) is 0 Å². The molecule has 18 heavy (non-hydrogen) atoms. The molecule has 1 aromatic carbocycles. The van der Waals surface area contributed by atoms with Gasteiger partial charge in [-0.05, 0) is 45.0 Å². The fourth-order valence-electron chi connectivity index (χ4n) is 2.50. The Morgan fingerprint density at radius 3 is 3.06 bits per heavy atom. The highest BCUT2D eigenvalue weighted by Gasteiger charge is 2.27. The Bertz CT molecular complexity index is 445. The van der Waals surface area contributed by atoms with E-state index in [-0.39, 0.29) is 11.7 Å². The topological polar surface area (TPSA) is 52.6 Å². The molecule has 4 nitrogen and oxygen atoms in total. The molecular weight excluding hydrogens is 228 g/mol. The third-order valence-corrected chi connectivity index (χ3v) is 3.60. The quantitative estimate of drug-likeness (QED) is 0.849. The lowest BCUT2D eigenvalue weighted by Gasteiger charge is -2.18. The molecule has 2 N–H and O–H groups in total. The Hall–Kier alpha value is -1.55. The number of nitrogens with one attached hydrogen (secondary N) is 1. The van der Waals surface area contributed by atoms with E-state index in [1.54, 1.807) is 25.1 Å². The fourth-order valence-corrected chi connectivity index (χ4v) is 2.50. The second-order valence-electron chi connectivity index (χ2n) is 4.91. The maximum absolute atomic E-state index is 12.4. The average Bonchev–Trinajstić information content (AvgIpc) is 2.81. The summed E-state index contributed by atoms with van der Waals surface area (Å²) >= 11 is 0. The Kier molecular flexibility index (Phi) is 3.87. The molecule has 4 heteroatoms. The van der Waals surface area contributed by atoms with Crippen molar-refractivity contribution >= 4 is 5.91 Å². The van der Waals surface area contributed by atoms with Gasteiger partial charge < -0.3 is 15.3 Å². The molecule has 98 valence electrons. The maximum atomic E-state index is 12.4. The molecule has 1 aliphatic rings. The minimum atomic E-state index is 0.0296. The number of carbonyl (C=O) groups excluding carboxylic acids is 1. The van der Waals surface area contributed by atoms with Crippen molar-refractivity contribution in [3.63, 3.8) is 0 Å². The van der Waals surface area contributed by atoms with Gasteiger partial charge in [-0.1, -0.05) is 6.07 Å². The molecule has 1 aromatic rings. The number of likely N-dealkylation sites (tertiary alicyclic amines) is 1. The second-order valence-corrected chi connectivity index (χ2v) is 4.91. The highest BCUT2D eigenvalue weighted by molar-refractivity contribution is 5.96. The van der Waals surface area contributed by atoms with Crippen molar-refractivity contribution in [3.05, 3.63) is 29.3 Å². The van der Waals surface area contributed by atoms with Crippen molar-refractivity contribution in [2.75, 3.05) is 26.7 Å². The van der Waals surface area contributed by atoms with Crippen LogP contribution in [-0.4, -0.2) is 42.6 Å². The molecule has 1 fully saturated rings. The summed E-state index contributed by atoms with van der Waals surface area (Å²) in [4.78, 5) is 14.2. The van der Waals surface area contributed by atoms with Gasteiger partial charge in [0.1, 0.15) is 5.75 Å². The number of phenolic OH excluding ortho intramolecular Hbond substituents is 1. The summed E-state index contributed by atoms with van der Waals surface area (Å²) in [5.41, 5.74) is 1.28. The highest BCUT2D eigenvalue weighted by atomic mass is 16.3. The number of amides is 1. The zero-order chi connectivity index (χ0) is 13.1. The van der Waals surface area contributed by atoms with E-state index in [0.29, 0.717) is 17.0 Å². The van der Waals surface area contributed by atoms with E-state index in [4.69, 9.17) is 0 Å². The highest BCUT2D eigenvalue weighted by Crippen LogP contribution is 2.23. The van der Waals surface area contributed by atoms with Gasteiger partial charge in [-0.3, -0.25) is 4.79 Å². The van der Waals surface area contributed by atoms with Crippen LogP contribution in [0.5, 0.6) is 5.75 Å². The van der Waals surface area contributed by atoms with Crippen molar-refractivity contribution in [3.8, 4) is 5.75 Å². The van der Waals surface area contributed by atoms with E-state index in [1.807, 2.05) is 11.9 Å². The molecule has 0 spiro atoms. The van der Waals surface area contributed by atoms with Gasteiger partial charge >= 0.3 is 0 Å². The number of rotatable bonds is 3. The number of hydrogen-bond acceptors (Lipinski definition) is 3. The Labute approximate surface area is 108 Å². The van der Waals surface area contributed by atoms with Crippen LogP contribution in [0.25, 0.3) is 0 Å². The standard InChI is InChI=1S/C14H20N2O2/c1-10-12(4-3-5-13(10)17)14(18)16-7-6-11(9-16)8-15-2/h3-5,11,15,17H,6-9H2,1-2H3. The lowest BCUT2D eigenvalue weighted by molar-refractivity contribution is 0.0786. The zero-order valence-electron chi connectivity index (χ0n) is 10.9. The van der Waals surface area contributed by atoms with Gasteiger partial charge in [-0.2, -0.15) is 0 Å². The summed E-state index contributed by atoms with van der Waals surface area (Å²) in [5.74, 6) is 0.755. The summed E-state index contributed by atoms with van der Waals surface area (Å²) in [6, 6.07) is 5.11. The second kappa shape index (κ2) is 5.40. The van der Waals surface area contributed by atoms with Crippen LogP contribution >= 0.6 is 0 Å². The molecule has 1 unspecified atom stereocenters. The van der Waals surface area contributed by atoms with Gasteiger partial charge in [0.15, 0.2) is 0 Å². The van der Waals surface area contributed by atoms with E-state index >= 15 is 0 Å². The third-order valence-electron chi connectivity index (χ3n) is 3.60. The molecule has 1 heterocycles. The smallest absolute Gasteiger partial charge is 0.254 e. The summed E-state index contributed by atoms with van der Waals surface area (Å²) in [6.45, 7) is 4.33. The van der Waals surface area contributed by atoms with Crippen LogP contribution in [0.3, 0.4) is 0 Å². The van der Waals surface area contributed by atoms with Crippen LogP contribution in [0.15, 0.2) is 18.2 Å². The van der Waals surface area contributed by atoms with Gasteiger partial charge in [-0.25, -0.2) is 0 Å². The van der Waals surface area contributed by atoms with E-state index in [9.17, 15) is 9.90 Å². The lowest BCUT2D eigenvalue weighted by atomic mass is 10.1. The van der Waals surface area contributed by atoms with Crippen LogP contribution in [0.1, 0.15) is 22.3 Å². The number of hydrogen-bond donors (Lipinski definition) is 2. The first kappa shape index (κ1) is 12.9. The number of nitrogens with zero attached hydrogens (tertiary/aromatic N) is 1. The molecule has 1 atom stereocenters. The fraction of sp³-hybridized carbons (Fsp3) is 0.500. The minimum Gasteiger partial charge on any atom is -0.508 e. The van der Waals surface area contributed by atoms with Crippen LogP contribution < -0.4 is 5.32 Å². The molecule has 0 aliphatic carbocycles. The molecular formula is C14H20N2O2. The van der Waals surface area contributed by atoms with Crippen LogP contribution in [0, 0.1) is 12.8 Å². The number of phenols is 1. The van der Waals surface area contributed by atoms with Crippen molar-refractivity contribution in [2.45, 2.75) is 13.3 Å². The zero-order valence-corrected chi connectivity index (χ0v) is 10.9. The van der Waals surface area contributed by atoms with Crippen molar-refractivity contribution in [1.82, 2.24) is 10.2 Å². The third kappa shape index (κ3) is 2.48. The van der Waals surface area contributed by atoms with Gasteiger partial charge in [-0.15, -0.1) is 0 Å². The first-order valence-corrected chi connectivity index (χ1v) is 6.36. The first-order chi connectivity index (χ1) is 8.63. The molecule has 1 aliphatic heterocycles. The van der Waals surface area contributed by atoms with Crippen molar-refractivity contribution in [1.29, 1.82) is 0 Å². The molecule has 1 amide bonds. The Morgan fingerprint density at radius 1 is 1.56 bits per heavy atom. The van der Waals surface area contributed by atoms with E-state index in [0.717, 1.165) is 26.1 Å². The maximum Gasteiger partial charge on any atom is 0.254 e. The largest absolute Gasteiger partial charge is 0.508 e. The van der Waals surface area contributed by atoms with Crippen molar-refractivity contribution in [2.24, 2.45) is 5.92 Å². The summed E-state index contributed by atoms with van der Waals surface area (Å²) in [7, 11) is 1.93. The molecule has 0 saturated carbocycles. The molecule has 1 saturated heterocycles. The van der Waals surface area contributed by atoms with E-state index < -0.39 is 0 Å². The molecule has 0 aromatic heterocycles. The van der Waals surface area contributed by atoms with Gasteiger partial charge in [0.25, 0.3) is 5.91 Å². The molecule has 0 radical (unpaired) electrons. The SMILES string of the molecule is CNCC1CCN(C(=O)c2cccc(O)c2C)C1. The predicted molar refractivity (Wildman–Crippen MR) is 70.8 cm³/mol. The number of carbonyl (C=O) groups is 1. The van der Waals surface area contributed by atoms with Crippen LogP contribution in [0.2, 0.25) is 0 Å². The summed E-state index contributed by atoms with van der Waals surface area (Å²) in [5, 5.41) is 12.8. The van der Waals surface area contributed by atoms with Crippen LogP contribution in [-0.2, 0) is 0 Å². The molecule has 2 rings (SSSR count). The Balaban J connectivity index is 2.11. The Morgan fingerprint density at radius 2 is 2.33 bits per heavy atom. The summed E-state index contributed by atoms with van der Waals surface area (Å²) in [6.07, 6.45) is 1.05. The number of benzene rings is 1. The predicted octanol–water partition coefficient (Wildman–Crippen LogP) is 1.38. The number of aromatic hydroxyl groups is 1.